The molecule has 1 aliphatic heterocycles. The van der Waals surface area contributed by atoms with Crippen LogP contribution in [0.3, 0.4) is 0 Å². The van der Waals surface area contributed by atoms with Gasteiger partial charge in [-0.25, -0.2) is 0 Å². The van der Waals surface area contributed by atoms with Gasteiger partial charge in [-0.05, 0) is 0 Å². The molecule has 2 heterocycles. The van der Waals surface area contributed by atoms with Crippen LogP contribution in [0.25, 0.3) is 30.8 Å². The van der Waals surface area contributed by atoms with Crippen molar-refractivity contribution in [3.8, 4) is 25.8 Å². The van der Waals surface area contributed by atoms with Crippen molar-refractivity contribution in [1.29, 1.82) is 0 Å². The molecule has 144 valence electrons. The van der Waals surface area contributed by atoms with E-state index >= 15 is 0 Å². The molecule has 0 bridgehead atoms. The van der Waals surface area contributed by atoms with Crippen molar-refractivity contribution in [2.75, 3.05) is 0 Å². The average Bonchev–Trinajstić information content (AvgIpc) is 3.19. The standard InChI is InChI=1S/C27H18OSe2/c1-3-10-19(11-4-1)25-27(29-20-12-5-2-6-13-20)23-17-28-24-21-14-8-7-9-18(21)15-16-22(24)26(23)30-25/h1-16H,17H2. The Morgan fingerprint density at radius 2 is 1.43 bits per heavy atom. The fourth-order valence-corrected chi connectivity index (χ4v) is 9.98. The molecule has 0 aliphatic carbocycles. The van der Waals surface area contributed by atoms with Crippen molar-refractivity contribution in [3.05, 3.63) is 103 Å². The van der Waals surface area contributed by atoms with E-state index in [0.29, 0.717) is 6.61 Å². The molecule has 0 saturated carbocycles. The molecule has 0 atom stereocenters. The number of fused-ring (bicyclic) bond motifs is 5. The Labute approximate surface area is 188 Å². The van der Waals surface area contributed by atoms with Crippen LogP contribution >= 0.6 is 0 Å². The van der Waals surface area contributed by atoms with Crippen LogP contribution < -0.4 is 13.7 Å². The summed E-state index contributed by atoms with van der Waals surface area (Å²) >= 11 is 0.548. The molecular weight excluding hydrogens is 498 g/mol. The molecule has 3 heteroatoms. The van der Waals surface area contributed by atoms with E-state index in [1.54, 1.807) is 0 Å². The molecule has 1 nitrogen and oxygen atoms in total. The third-order valence-electron chi connectivity index (χ3n) is 5.44. The van der Waals surface area contributed by atoms with Gasteiger partial charge in [0.25, 0.3) is 0 Å². The summed E-state index contributed by atoms with van der Waals surface area (Å²) in [5.41, 5.74) is 4.09. The molecule has 0 unspecified atom stereocenters. The molecule has 6 rings (SSSR count). The van der Waals surface area contributed by atoms with Gasteiger partial charge >= 0.3 is 189 Å². The average molecular weight is 516 g/mol. The van der Waals surface area contributed by atoms with Gasteiger partial charge in [0, 0.05) is 0 Å². The summed E-state index contributed by atoms with van der Waals surface area (Å²) < 4.78 is 12.4. The van der Waals surface area contributed by atoms with E-state index < -0.39 is 0 Å². The first kappa shape index (κ1) is 18.2. The zero-order valence-electron chi connectivity index (χ0n) is 16.2. The minimum absolute atomic E-state index is 0.267. The van der Waals surface area contributed by atoms with E-state index in [9.17, 15) is 0 Å². The van der Waals surface area contributed by atoms with Gasteiger partial charge in [0.15, 0.2) is 0 Å². The Kier molecular flexibility index (Phi) is 4.63. The summed E-state index contributed by atoms with van der Waals surface area (Å²) in [6, 6.07) is 34.9. The SMILES string of the molecule is c1ccc([Se]c2c(-c3ccccc3)[se]c3c2COc2c-3ccc3ccccc23)cc1. The summed E-state index contributed by atoms with van der Waals surface area (Å²) in [6.45, 7) is 0.679. The van der Waals surface area contributed by atoms with Crippen molar-refractivity contribution in [1.82, 2.24) is 0 Å². The van der Waals surface area contributed by atoms with E-state index in [4.69, 9.17) is 4.74 Å². The summed E-state index contributed by atoms with van der Waals surface area (Å²) in [4.78, 5) is 0. The zero-order valence-corrected chi connectivity index (χ0v) is 19.6. The first-order valence-corrected chi connectivity index (χ1v) is 13.4. The molecule has 1 aromatic heterocycles. The van der Waals surface area contributed by atoms with Crippen LogP contribution in [0.1, 0.15) is 5.56 Å². The van der Waals surface area contributed by atoms with Crippen LogP contribution in [0.2, 0.25) is 0 Å². The van der Waals surface area contributed by atoms with Crippen molar-refractivity contribution >= 4 is 49.2 Å². The second-order valence-electron chi connectivity index (χ2n) is 7.30. The van der Waals surface area contributed by atoms with Crippen molar-refractivity contribution < 1.29 is 4.74 Å². The number of hydrogen-bond acceptors (Lipinski definition) is 1. The molecular formula is C27H18OSe2. The number of benzene rings is 4. The van der Waals surface area contributed by atoms with Gasteiger partial charge in [-0.1, -0.05) is 0 Å². The maximum atomic E-state index is 6.43. The van der Waals surface area contributed by atoms with Crippen molar-refractivity contribution in [2.24, 2.45) is 0 Å². The van der Waals surface area contributed by atoms with Gasteiger partial charge < -0.3 is 0 Å². The first-order chi connectivity index (χ1) is 14.9. The Morgan fingerprint density at radius 3 is 2.27 bits per heavy atom. The summed E-state index contributed by atoms with van der Waals surface area (Å²) in [6.07, 6.45) is 0. The molecule has 0 saturated heterocycles. The first-order valence-electron chi connectivity index (χ1n) is 9.97. The maximum absolute atomic E-state index is 6.43. The Hall–Kier alpha value is -2.54. The second-order valence-corrected chi connectivity index (χ2v) is 11.7. The summed E-state index contributed by atoms with van der Waals surface area (Å²) in [5.74, 6) is 1.06. The Morgan fingerprint density at radius 1 is 0.700 bits per heavy atom. The molecule has 5 aromatic rings. The van der Waals surface area contributed by atoms with Gasteiger partial charge in [-0.2, -0.15) is 0 Å². The van der Waals surface area contributed by atoms with Gasteiger partial charge in [0.05, 0.1) is 0 Å². The third kappa shape index (κ3) is 3.07. The Bertz CT molecular complexity index is 1350. The van der Waals surface area contributed by atoms with E-state index in [1.807, 2.05) is 0 Å². The van der Waals surface area contributed by atoms with Crippen LogP contribution in [0, 0.1) is 0 Å². The molecule has 0 N–H and O–H groups in total. The molecule has 0 spiro atoms. The number of ether oxygens (including phenoxy) is 1. The van der Waals surface area contributed by atoms with Crippen LogP contribution in [0.4, 0.5) is 0 Å². The third-order valence-corrected chi connectivity index (χ3v) is 11.3. The van der Waals surface area contributed by atoms with E-state index in [-0.39, 0.29) is 29.5 Å². The summed E-state index contributed by atoms with van der Waals surface area (Å²) in [7, 11) is 0. The van der Waals surface area contributed by atoms with Gasteiger partial charge in [-0.15, -0.1) is 0 Å². The summed E-state index contributed by atoms with van der Waals surface area (Å²) in [5, 5.41) is 2.47. The number of hydrogen-bond donors (Lipinski definition) is 0. The molecule has 0 radical (unpaired) electrons. The van der Waals surface area contributed by atoms with E-state index in [1.165, 1.54) is 45.3 Å². The zero-order chi connectivity index (χ0) is 19.9. The van der Waals surface area contributed by atoms with Crippen molar-refractivity contribution in [2.45, 2.75) is 6.61 Å². The van der Waals surface area contributed by atoms with Gasteiger partial charge in [-0.3, -0.25) is 0 Å². The van der Waals surface area contributed by atoms with E-state index in [0.717, 1.165) is 5.75 Å². The number of rotatable bonds is 3. The molecule has 30 heavy (non-hydrogen) atoms. The predicted molar refractivity (Wildman–Crippen MR) is 128 cm³/mol. The quantitative estimate of drug-likeness (QED) is 0.314. The topological polar surface area (TPSA) is 9.23 Å². The fourth-order valence-electron chi connectivity index (χ4n) is 4.01. The van der Waals surface area contributed by atoms with Crippen LogP contribution in [0.15, 0.2) is 97.1 Å². The van der Waals surface area contributed by atoms with Gasteiger partial charge in [0.1, 0.15) is 0 Å². The normalized spacial score (nSPS) is 12.3. The van der Waals surface area contributed by atoms with E-state index in [2.05, 4.69) is 97.1 Å². The molecule has 1 aliphatic rings. The molecule has 0 amide bonds. The molecule has 4 aromatic carbocycles. The van der Waals surface area contributed by atoms with Gasteiger partial charge in [0.2, 0.25) is 0 Å². The minimum atomic E-state index is 0.267. The van der Waals surface area contributed by atoms with Crippen LogP contribution in [-0.4, -0.2) is 29.5 Å². The Balaban J connectivity index is 1.58. The van der Waals surface area contributed by atoms with Crippen LogP contribution in [-0.2, 0) is 6.61 Å². The predicted octanol–water partition coefficient (Wildman–Crippen LogP) is 4.78. The second kappa shape index (κ2) is 7.61. The fraction of sp³-hybridized carbons (Fsp3) is 0.0370. The monoisotopic (exact) mass is 518 g/mol. The molecule has 0 fully saturated rings. The van der Waals surface area contributed by atoms with Crippen LogP contribution in [0.5, 0.6) is 5.75 Å². The van der Waals surface area contributed by atoms with Crippen molar-refractivity contribution in [3.63, 3.8) is 0 Å².